The van der Waals surface area contributed by atoms with Crippen molar-refractivity contribution in [2.24, 2.45) is 0 Å². The first kappa shape index (κ1) is 12.1. The molecule has 0 heterocycles. The van der Waals surface area contributed by atoms with Crippen molar-refractivity contribution >= 4 is 12.4 Å². The van der Waals surface area contributed by atoms with Gasteiger partial charge in [0.05, 0.1) is 0 Å². The maximum Gasteiger partial charge on any atom is 0.142 e. The number of carbonyl (C=O) groups excluding carboxylic acids is 1. The Labute approximate surface area is 107 Å². The molecule has 0 aliphatic carbocycles. The highest BCUT2D eigenvalue weighted by Gasteiger charge is 1.99. The van der Waals surface area contributed by atoms with E-state index in [1.54, 1.807) is 6.08 Å². The quantitative estimate of drug-likeness (QED) is 0.589. The van der Waals surface area contributed by atoms with E-state index in [0.717, 1.165) is 23.2 Å². The zero-order valence-corrected chi connectivity index (χ0v) is 9.95. The molecular formula is C16H14O2. The maximum atomic E-state index is 10.3. The molecule has 2 nitrogen and oxygen atoms in total. The van der Waals surface area contributed by atoms with Gasteiger partial charge in [-0.25, -0.2) is 0 Å². The topological polar surface area (TPSA) is 26.3 Å². The van der Waals surface area contributed by atoms with Crippen LogP contribution in [-0.4, -0.2) is 6.29 Å². The highest BCUT2D eigenvalue weighted by atomic mass is 16.5. The molecule has 0 aromatic heterocycles. The van der Waals surface area contributed by atoms with Crippen LogP contribution in [0.2, 0.25) is 0 Å². The summed E-state index contributed by atoms with van der Waals surface area (Å²) in [5.41, 5.74) is 2.02. The summed E-state index contributed by atoms with van der Waals surface area (Å²) in [7, 11) is 0. The summed E-state index contributed by atoms with van der Waals surface area (Å²) < 4.78 is 5.75. The van der Waals surface area contributed by atoms with Gasteiger partial charge < -0.3 is 4.74 Å². The second-order valence-electron chi connectivity index (χ2n) is 3.81. The molecule has 0 spiro atoms. The third-order valence-electron chi connectivity index (χ3n) is 2.51. The first-order valence-corrected chi connectivity index (χ1v) is 5.78. The molecule has 0 N–H and O–H groups in total. The van der Waals surface area contributed by atoms with Crippen molar-refractivity contribution in [3.63, 3.8) is 0 Å². The zero-order valence-electron chi connectivity index (χ0n) is 9.95. The molecule has 90 valence electrons. The van der Waals surface area contributed by atoms with Crippen molar-refractivity contribution in [3.8, 4) is 5.75 Å². The molecule has 0 saturated heterocycles. The number of hydrogen-bond donors (Lipinski definition) is 0. The average molecular weight is 238 g/mol. The van der Waals surface area contributed by atoms with Crippen molar-refractivity contribution in [2.45, 2.75) is 6.61 Å². The molecule has 0 amide bonds. The predicted octanol–water partition coefficient (Wildman–Crippen LogP) is 3.48. The van der Waals surface area contributed by atoms with Gasteiger partial charge in [0.25, 0.3) is 0 Å². The molecule has 0 fully saturated rings. The molecule has 0 saturated carbocycles. The average Bonchev–Trinajstić information content (AvgIpc) is 2.45. The maximum absolute atomic E-state index is 10.3. The molecular weight excluding hydrogens is 224 g/mol. The van der Waals surface area contributed by atoms with Gasteiger partial charge in [0.15, 0.2) is 0 Å². The van der Waals surface area contributed by atoms with Crippen LogP contribution in [0.25, 0.3) is 6.08 Å². The van der Waals surface area contributed by atoms with Crippen LogP contribution in [0.1, 0.15) is 11.1 Å². The summed E-state index contributed by atoms with van der Waals surface area (Å²) in [5, 5.41) is 0. The van der Waals surface area contributed by atoms with Crippen molar-refractivity contribution in [2.75, 3.05) is 0 Å². The lowest BCUT2D eigenvalue weighted by Gasteiger charge is -2.08. The van der Waals surface area contributed by atoms with Gasteiger partial charge in [-0.1, -0.05) is 48.5 Å². The summed E-state index contributed by atoms with van der Waals surface area (Å²) in [6, 6.07) is 17.6. The molecule has 0 aliphatic rings. The lowest BCUT2D eigenvalue weighted by atomic mass is 10.2. The van der Waals surface area contributed by atoms with E-state index in [0.29, 0.717) is 6.61 Å². The Bertz CT molecular complexity index is 530. The van der Waals surface area contributed by atoms with Crippen LogP contribution in [0, 0.1) is 0 Å². The summed E-state index contributed by atoms with van der Waals surface area (Å²) in [6.07, 6.45) is 3.96. The number of ether oxygens (including phenoxy) is 1. The fourth-order valence-corrected chi connectivity index (χ4v) is 1.63. The van der Waals surface area contributed by atoms with Crippen molar-refractivity contribution in [3.05, 3.63) is 71.8 Å². The fraction of sp³-hybridized carbons (Fsp3) is 0.0625. The van der Waals surface area contributed by atoms with Gasteiger partial charge in [-0.3, -0.25) is 4.79 Å². The number of aldehydes is 1. The minimum absolute atomic E-state index is 0.521. The van der Waals surface area contributed by atoms with E-state index < -0.39 is 0 Å². The molecule has 0 unspecified atom stereocenters. The molecule has 0 atom stereocenters. The Morgan fingerprint density at radius 3 is 2.44 bits per heavy atom. The highest BCUT2D eigenvalue weighted by Crippen LogP contribution is 2.20. The van der Waals surface area contributed by atoms with Crippen LogP contribution < -0.4 is 4.74 Å². The first-order valence-electron chi connectivity index (χ1n) is 5.78. The lowest BCUT2D eigenvalue weighted by Crippen LogP contribution is -1.96. The van der Waals surface area contributed by atoms with Gasteiger partial charge in [0, 0.05) is 5.56 Å². The minimum atomic E-state index is 0.521. The number of para-hydroxylation sites is 1. The second-order valence-corrected chi connectivity index (χ2v) is 3.81. The van der Waals surface area contributed by atoms with Crippen LogP contribution in [0.4, 0.5) is 0 Å². The van der Waals surface area contributed by atoms with Gasteiger partial charge in [-0.2, -0.15) is 0 Å². The van der Waals surface area contributed by atoms with Gasteiger partial charge in [-0.15, -0.1) is 0 Å². The van der Waals surface area contributed by atoms with Crippen LogP contribution in [0.15, 0.2) is 60.7 Å². The van der Waals surface area contributed by atoms with E-state index in [1.807, 2.05) is 54.6 Å². The monoisotopic (exact) mass is 238 g/mol. The van der Waals surface area contributed by atoms with Crippen molar-refractivity contribution < 1.29 is 9.53 Å². The van der Waals surface area contributed by atoms with E-state index in [1.165, 1.54) is 6.08 Å². The lowest BCUT2D eigenvalue weighted by molar-refractivity contribution is -0.104. The Morgan fingerprint density at radius 2 is 1.67 bits per heavy atom. The Hall–Kier alpha value is -2.35. The van der Waals surface area contributed by atoms with Gasteiger partial charge in [0.2, 0.25) is 0 Å². The SMILES string of the molecule is O=C/C=C/c1ccccc1OCc1ccccc1. The van der Waals surface area contributed by atoms with Crippen LogP contribution in [0.3, 0.4) is 0 Å². The molecule has 2 rings (SSSR count). The first-order chi connectivity index (χ1) is 8.90. The molecule has 0 bridgehead atoms. The Morgan fingerprint density at radius 1 is 0.944 bits per heavy atom. The predicted molar refractivity (Wildman–Crippen MR) is 72.3 cm³/mol. The molecule has 0 aliphatic heterocycles. The Kier molecular flexibility index (Phi) is 4.31. The van der Waals surface area contributed by atoms with Crippen LogP contribution in [-0.2, 0) is 11.4 Å². The van der Waals surface area contributed by atoms with Gasteiger partial charge in [0.1, 0.15) is 18.6 Å². The number of allylic oxidation sites excluding steroid dienone is 1. The van der Waals surface area contributed by atoms with E-state index in [-0.39, 0.29) is 0 Å². The summed E-state index contributed by atoms with van der Waals surface area (Å²) >= 11 is 0. The van der Waals surface area contributed by atoms with E-state index in [9.17, 15) is 4.79 Å². The zero-order chi connectivity index (χ0) is 12.6. The molecule has 2 aromatic rings. The van der Waals surface area contributed by atoms with Crippen molar-refractivity contribution in [1.82, 2.24) is 0 Å². The highest BCUT2D eigenvalue weighted by molar-refractivity contribution is 5.75. The normalized spacial score (nSPS) is 10.4. The molecule has 2 aromatic carbocycles. The number of hydrogen-bond acceptors (Lipinski definition) is 2. The summed E-state index contributed by atoms with van der Waals surface area (Å²) in [4.78, 5) is 10.3. The van der Waals surface area contributed by atoms with Gasteiger partial charge >= 0.3 is 0 Å². The number of benzene rings is 2. The van der Waals surface area contributed by atoms with E-state index >= 15 is 0 Å². The van der Waals surface area contributed by atoms with E-state index in [2.05, 4.69) is 0 Å². The third-order valence-corrected chi connectivity index (χ3v) is 2.51. The molecule has 0 radical (unpaired) electrons. The molecule has 2 heteroatoms. The Balaban J connectivity index is 2.09. The smallest absolute Gasteiger partial charge is 0.142 e. The second kappa shape index (κ2) is 6.40. The summed E-state index contributed by atoms with van der Waals surface area (Å²) in [5.74, 6) is 0.777. The standard InChI is InChI=1S/C16H14O2/c17-12-6-10-15-9-4-5-11-16(15)18-13-14-7-2-1-3-8-14/h1-12H,13H2/b10-6+. The number of carbonyl (C=O) groups is 1. The van der Waals surface area contributed by atoms with Crippen molar-refractivity contribution in [1.29, 1.82) is 0 Å². The van der Waals surface area contributed by atoms with Crippen LogP contribution in [0.5, 0.6) is 5.75 Å². The third kappa shape index (κ3) is 3.32. The van der Waals surface area contributed by atoms with E-state index in [4.69, 9.17) is 4.74 Å². The van der Waals surface area contributed by atoms with Crippen LogP contribution >= 0.6 is 0 Å². The minimum Gasteiger partial charge on any atom is -0.488 e. The molecule has 18 heavy (non-hydrogen) atoms. The number of rotatable bonds is 5. The van der Waals surface area contributed by atoms with Gasteiger partial charge in [-0.05, 0) is 23.8 Å². The summed E-state index contributed by atoms with van der Waals surface area (Å²) in [6.45, 7) is 0.521. The largest absolute Gasteiger partial charge is 0.488 e. The fourth-order valence-electron chi connectivity index (χ4n) is 1.63.